The molecule has 63 heteroatoms. The van der Waals surface area contributed by atoms with Gasteiger partial charge in [0.15, 0.2) is 0 Å². The summed E-state index contributed by atoms with van der Waals surface area (Å²) in [5.41, 5.74) is 0. The molecule has 15 nitrogen and oxygen atoms in total. The maximum absolute atomic E-state index is 13.8. The van der Waals surface area contributed by atoms with E-state index in [1.54, 1.807) is 4.74 Å². The lowest BCUT2D eigenvalue weighted by molar-refractivity contribution is -0.612. The van der Waals surface area contributed by atoms with Gasteiger partial charge in [0.05, 0.1) is 6.61 Å². The predicted molar refractivity (Wildman–Crippen MR) is 161 cm³/mol. The summed E-state index contributed by atoms with van der Waals surface area (Å²) in [7, 11) is 0. The van der Waals surface area contributed by atoms with E-state index in [1.165, 1.54) is 9.47 Å². The highest BCUT2D eigenvalue weighted by Crippen LogP contribution is 2.58. The van der Waals surface area contributed by atoms with E-state index in [0.717, 1.165) is 37.9 Å². The molecule has 0 rings (SSSR count). The van der Waals surface area contributed by atoms with Gasteiger partial charge >= 0.3 is 147 Å². The van der Waals surface area contributed by atoms with Gasteiger partial charge in [-0.25, -0.2) is 61.6 Å². The van der Waals surface area contributed by atoms with E-state index in [0.29, 0.717) is 6.08 Å². The van der Waals surface area contributed by atoms with Crippen molar-refractivity contribution in [3.05, 3.63) is 12.7 Å². The molecule has 0 aromatic rings. The van der Waals surface area contributed by atoms with Crippen molar-refractivity contribution in [1.29, 1.82) is 0 Å². The van der Waals surface area contributed by atoms with Crippen molar-refractivity contribution in [1.82, 2.24) is 0 Å². The molecule has 0 heterocycles. The maximum atomic E-state index is 13.8. The summed E-state index contributed by atoms with van der Waals surface area (Å²) in [6.07, 6.45) is -197. The molecule has 0 aliphatic heterocycles. The molecule has 0 bridgehead atoms. The van der Waals surface area contributed by atoms with Gasteiger partial charge in [0, 0.05) is 0 Å². The van der Waals surface area contributed by atoms with E-state index in [1.807, 2.05) is 9.47 Å². The van der Waals surface area contributed by atoms with Crippen LogP contribution in [0, 0.1) is 0 Å². The summed E-state index contributed by atoms with van der Waals surface area (Å²) in [5.74, 6) is 0. The average molecular weight is 1510 g/mol. The Balaban J connectivity index is 6.66. The third kappa shape index (κ3) is 20.7. The minimum Gasteiger partial charge on any atom is -0.387 e. The lowest BCUT2D eigenvalue weighted by Gasteiger charge is -2.38. The second-order valence-corrected chi connectivity index (χ2v) is 14.8. The zero-order valence-electron chi connectivity index (χ0n) is 39.7. The topological polar surface area (TPSA) is 149 Å². The molecular weight excluding hydrogens is 1500 g/mol. The Kier molecular flexibility index (Phi) is 24.5. The van der Waals surface area contributed by atoms with Crippen LogP contribution in [0.2, 0.25) is 0 Å². The minimum atomic E-state index is -8.90. The molecule has 0 amide bonds. The van der Waals surface area contributed by atoms with Crippen molar-refractivity contribution in [2.75, 3.05) is 19.8 Å². The number of hydrogen-bond acceptors (Lipinski definition) is 15. The van der Waals surface area contributed by atoms with Crippen LogP contribution in [0.25, 0.3) is 0 Å². The normalized spacial score (nSPS) is 16.4. The SMILES string of the molecule is C=CCOCC(F)(F)OC(F)(F)C(F)(F)OC(F)(F)C(F)(F)OC(F)(F)C(F)(F)OC(F)(F)C(F)(F)OC(F)(F)C(F)(F)OC(F)(F)C(F)(F)OC(F)(F)C(F)(F)OC(F)(F)C(F)(F)OC(F)(F)C(F)(F)OC(F)(F)C(F)(F)OC(F)(F)OC(F)(F)OC(F)(F)CO. The second kappa shape index (κ2) is 25.7. The molecule has 0 aliphatic carbocycles. The van der Waals surface area contributed by atoms with Gasteiger partial charge in [0.2, 0.25) is 0 Å². The number of rotatable bonds is 41. The first-order valence-corrected chi connectivity index (χ1v) is 19.3. The summed E-state index contributed by atoms with van der Waals surface area (Å²) in [6, 6.07) is 0. The first kappa shape index (κ1) is 87.8. The lowest BCUT2D eigenvalue weighted by Crippen LogP contribution is -2.63. The van der Waals surface area contributed by atoms with Gasteiger partial charge in [0.25, 0.3) is 0 Å². The van der Waals surface area contributed by atoms with E-state index in [2.05, 4.69) is 11.3 Å². The van der Waals surface area contributed by atoms with Crippen LogP contribution in [0.5, 0.6) is 0 Å². The molecule has 92 heavy (non-hydrogen) atoms. The van der Waals surface area contributed by atoms with Gasteiger partial charge in [-0.2, -0.15) is 193 Å². The van der Waals surface area contributed by atoms with Crippen LogP contribution in [0.15, 0.2) is 12.7 Å². The zero-order valence-corrected chi connectivity index (χ0v) is 39.7. The van der Waals surface area contributed by atoms with Crippen molar-refractivity contribution in [2.24, 2.45) is 0 Å². The van der Waals surface area contributed by atoms with Gasteiger partial charge in [0.1, 0.15) is 13.2 Å². The van der Waals surface area contributed by atoms with Gasteiger partial charge in [-0.15, -0.1) is 24.1 Å². The Bertz CT molecular complexity index is 2450. The van der Waals surface area contributed by atoms with Crippen molar-refractivity contribution in [3.63, 3.8) is 0 Å². The van der Waals surface area contributed by atoms with E-state index in [-0.39, 0.29) is 0 Å². The van der Waals surface area contributed by atoms with E-state index in [9.17, 15) is 211 Å². The lowest BCUT2D eigenvalue weighted by atomic mass is 10.4. The fraction of sp³-hybridized carbons (Fsp3) is 0.931. The third-order valence-corrected chi connectivity index (χ3v) is 7.42. The van der Waals surface area contributed by atoms with Crippen LogP contribution in [0.1, 0.15) is 0 Å². The van der Waals surface area contributed by atoms with Gasteiger partial charge in [-0.05, 0) is 0 Å². The van der Waals surface area contributed by atoms with Crippen LogP contribution in [0.3, 0.4) is 0 Å². The summed E-state index contributed by atoms with van der Waals surface area (Å²) in [6.45, 7) is -4.09. The van der Waals surface area contributed by atoms with Gasteiger partial charge in [-0.1, -0.05) is 6.08 Å². The molecule has 1 N–H and O–H groups in total. The molecule has 0 spiro atoms. The van der Waals surface area contributed by atoms with Crippen LogP contribution in [-0.2, 0) is 66.3 Å². The summed E-state index contributed by atoms with van der Waals surface area (Å²) < 4.78 is 672. The minimum absolute atomic E-state index is 0.470. The molecule has 0 unspecified atom stereocenters. The van der Waals surface area contributed by atoms with Crippen molar-refractivity contribution in [2.45, 2.75) is 147 Å². The van der Waals surface area contributed by atoms with Crippen molar-refractivity contribution >= 4 is 0 Å². The number of ether oxygens (including phenoxy) is 14. The van der Waals surface area contributed by atoms with Gasteiger partial charge < -0.3 is 9.84 Å². The first-order chi connectivity index (χ1) is 39.3. The van der Waals surface area contributed by atoms with Crippen LogP contribution < -0.4 is 0 Å². The largest absolute Gasteiger partial charge is 0.497 e. The van der Waals surface area contributed by atoms with Crippen LogP contribution in [-0.4, -0.2) is 172 Å². The Morgan fingerprint density at radius 3 is 0.522 bits per heavy atom. The van der Waals surface area contributed by atoms with Crippen LogP contribution >= 0.6 is 0 Å². The molecule has 0 aliphatic rings. The highest BCUT2D eigenvalue weighted by molar-refractivity contribution is 4.85. The predicted octanol–water partition coefficient (Wildman–Crippen LogP) is 14.5. The number of hydrogen-bond donors (Lipinski definition) is 1. The Morgan fingerprint density at radius 2 is 0.359 bits per heavy atom. The van der Waals surface area contributed by atoms with Gasteiger partial charge in [-0.3, -0.25) is 0 Å². The zero-order chi connectivity index (χ0) is 74.7. The molecule has 0 atom stereocenters. The maximum Gasteiger partial charge on any atom is 0.497 e. The molecule has 0 radical (unpaired) electrons. The van der Waals surface area contributed by atoms with Crippen molar-refractivity contribution < 1.29 is 282 Å². The smallest absolute Gasteiger partial charge is 0.387 e. The third-order valence-electron chi connectivity index (χ3n) is 7.42. The Hall–Kier alpha value is -4.22. The molecule has 0 aromatic heterocycles. The summed E-state index contributed by atoms with van der Waals surface area (Å²) in [4.78, 5) is 0. The molecule has 0 fully saturated rings. The highest BCUT2D eigenvalue weighted by atomic mass is 19.4. The van der Waals surface area contributed by atoms with E-state index < -0.39 is 167 Å². The number of aliphatic hydroxyl groups excluding tert-OH is 1. The second-order valence-electron chi connectivity index (χ2n) is 14.8. The first-order valence-electron chi connectivity index (χ1n) is 19.3. The quantitative estimate of drug-likeness (QED) is 0.0267. The summed E-state index contributed by atoms with van der Waals surface area (Å²) >= 11 is 0. The van der Waals surface area contributed by atoms with Crippen molar-refractivity contribution in [3.8, 4) is 0 Å². The monoisotopic (exact) mass is 1510 g/mol. The molecule has 552 valence electrons. The Morgan fingerprint density at radius 1 is 0.207 bits per heavy atom. The van der Waals surface area contributed by atoms with E-state index in [4.69, 9.17) is 5.11 Å². The standard InChI is InChI=1S/C29H10F48O15/c1-2-3-79-5-7(32,33)80-8(34,35)9(36,37)82-10(38,39)11(40,41)83-12(42,43)13(44,45)84-14(46,47)15(48,49)85-16(50,51)17(52,53)86-18(54,55)19(56,57)87-20(58,59)21(60,61)88-22(62,63)23(64,65)89-24(66,67)25(68,69)90-26(70,71)27(72,73)91-29(76,77)92-28(74,75)81-6(30,31)4-78/h2,78H,1,3-5H2. The number of alkyl halides is 48. The molecule has 0 aromatic carbocycles. The average Bonchev–Trinajstić information content (AvgIpc) is 0.780. The molecular formula is C29H10F48O15. The highest BCUT2D eigenvalue weighted by Gasteiger charge is 2.84. The van der Waals surface area contributed by atoms with E-state index >= 15 is 0 Å². The summed E-state index contributed by atoms with van der Waals surface area (Å²) in [5, 5.41) is 7.94. The number of aliphatic hydroxyl groups is 1. The Labute approximate surface area is 463 Å². The fourth-order valence-electron chi connectivity index (χ4n) is 3.65. The fourth-order valence-corrected chi connectivity index (χ4v) is 3.65. The molecule has 0 saturated heterocycles. The number of halogens is 48. The molecule has 0 saturated carbocycles. The van der Waals surface area contributed by atoms with Crippen LogP contribution in [0.4, 0.5) is 211 Å².